The summed E-state index contributed by atoms with van der Waals surface area (Å²) in [6.07, 6.45) is 9.57. The van der Waals surface area contributed by atoms with E-state index in [9.17, 15) is 4.39 Å². The van der Waals surface area contributed by atoms with Crippen LogP contribution in [0.15, 0.2) is 53.1 Å². The molecule has 7 nitrogen and oxygen atoms in total. The number of benzene rings is 1. The second kappa shape index (κ2) is 9.41. The summed E-state index contributed by atoms with van der Waals surface area (Å²) in [5.41, 5.74) is 1.87. The Morgan fingerprint density at radius 2 is 1.97 bits per heavy atom. The van der Waals surface area contributed by atoms with Crippen LogP contribution in [0.25, 0.3) is 12.2 Å². The number of nitrogens with one attached hydrogen (secondary N) is 2. The topological polar surface area (TPSA) is 78.3 Å². The summed E-state index contributed by atoms with van der Waals surface area (Å²) in [6.45, 7) is 6.02. The molecule has 0 bridgehead atoms. The van der Waals surface area contributed by atoms with Gasteiger partial charge >= 0.3 is 0 Å². The fraction of sp³-hybridized carbons (Fsp3) is 0.273. The Balaban J connectivity index is 1.61. The van der Waals surface area contributed by atoms with Gasteiger partial charge in [-0.05, 0) is 42.3 Å². The predicted molar refractivity (Wildman–Crippen MR) is 119 cm³/mol. The fourth-order valence-electron chi connectivity index (χ4n) is 3.25. The Morgan fingerprint density at radius 3 is 2.77 bits per heavy atom. The minimum Gasteiger partial charge on any atom is -0.338 e. The van der Waals surface area contributed by atoms with Crippen LogP contribution in [0.5, 0.6) is 0 Å². The van der Waals surface area contributed by atoms with Gasteiger partial charge in [-0.15, -0.1) is 0 Å². The Bertz CT molecular complexity index is 1020. The third kappa shape index (κ3) is 5.15. The molecule has 0 aliphatic carbocycles. The summed E-state index contributed by atoms with van der Waals surface area (Å²) in [5.74, 6) is 2.00. The normalized spacial score (nSPS) is 16.9. The first kappa shape index (κ1) is 19.9. The van der Waals surface area contributed by atoms with Crippen molar-refractivity contribution in [3.05, 3.63) is 65.3 Å². The van der Waals surface area contributed by atoms with E-state index in [1.54, 1.807) is 18.2 Å². The third-order valence-electron chi connectivity index (χ3n) is 4.69. The highest BCUT2D eigenvalue weighted by molar-refractivity contribution is 6.05. The molecule has 1 saturated heterocycles. The summed E-state index contributed by atoms with van der Waals surface area (Å²) in [5, 5.41) is 6.53. The molecule has 0 unspecified atom stereocenters. The Hall–Kier alpha value is -3.39. The maximum Gasteiger partial charge on any atom is 0.233 e. The molecule has 1 fully saturated rings. The van der Waals surface area contributed by atoms with Gasteiger partial charge in [-0.1, -0.05) is 30.4 Å². The van der Waals surface area contributed by atoms with Crippen molar-refractivity contribution in [2.75, 3.05) is 42.9 Å². The average Bonchev–Trinajstić information content (AvgIpc) is 3.20. The van der Waals surface area contributed by atoms with Crippen molar-refractivity contribution < 1.29 is 4.39 Å². The molecule has 1 aromatic carbocycles. The highest BCUT2D eigenvalue weighted by Gasteiger charge is 2.16. The van der Waals surface area contributed by atoms with Gasteiger partial charge in [-0.3, -0.25) is 4.99 Å². The van der Waals surface area contributed by atoms with Gasteiger partial charge in [0, 0.05) is 26.2 Å². The zero-order chi connectivity index (χ0) is 20.8. The zero-order valence-corrected chi connectivity index (χ0v) is 16.8. The van der Waals surface area contributed by atoms with Crippen LogP contribution in [0.2, 0.25) is 0 Å². The van der Waals surface area contributed by atoms with Gasteiger partial charge in [0.05, 0.1) is 6.54 Å². The van der Waals surface area contributed by atoms with Crippen molar-refractivity contribution in [3.8, 4) is 0 Å². The van der Waals surface area contributed by atoms with Crippen molar-refractivity contribution in [1.29, 1.82) is 0 Å². The number of hydrogen-bond donors (Lipinski definition) is 2. The lowest BCUT2D eigenvalue weighted by molar-refractivity contribution is 0.579. The monoisotopic (exact) mass is 405 g/mol. The van der Waals surface area contributed by atoms with Gasteiger partial charge in [0.25, 0.3) is 0 Å². The Kier molecular flexibility index (Phi) is 6.24. The number of allylic oxidation sites excluding steroid dienone is 1. The van der Waals surface area contributed by atoms with E-state index in [0.29, 0.717) is 24.3 Å². The summed E-state index contributed by atoms with van der Waals surface area (Å²) < 4.78 is 13.5. The standard InChI is InChI=1S/C22H24FN7/c1-2-4-17-14-20(25-15-17)27-21-26-19(8-7-16-5-3-6-18(23)13-16)28-22(29-21)30-11-9-24-10-12-30/h2-8,13-14,24H,9-12,15H2,1H3,(H,25,26,27,28,29)/b4-2+,8-7+. The second-order valence-electron chi connectivity index (χ2n) is 6.99. The molecule has 0 amide bonds. The summed E-state index contributed by atoms with van der Waals surface area (Å²) in [6, 6.07) is 6.39. The van der Waals surface area contributed by atoms with Gasteiger partial charge in [-0.25, -0.2) is 4.39 Å². The predicted octanol–water partition coefficient (Wildman–Crippen LogP) is 2.92. The number of aromatic nitrogens is 3. The molecular weight excluding hydrogens is 381 g/mol. The van der Waals surface area contributed by atoms with Crippen molar-refractivity contribution in [2.45, 2.75) is 6.92 Å². The van der Waals surface area contributed by atoms with Gasteiger partial charge in [0.1, 0.15) is 11.7 Å². The van der Waals surface area contributed by atoms with Crippen molar-refractivity contribution in [2.24, 2.45) is 4.99 Å². The van der Waals surface area contributed by atoms with Gasteiger partial charge in [0.15, 0.2) is 5.82 Å². The van der Waals surface area contributed by atoms with Gasteiger partial charge < -0.3 is 15.5 Å². The lowest BCUT2D eigenvalue weighted by atomic mass is 10.2. The minimum atomic E-state index is -0.278. The first-order chi connectivity index (χ1) is 14.7. The van der Waals surface area contributed by atoms with Crippen LogP contribution in [0.3, 0.4) is 0 Å². The Labute approximate surface area is 175 Å². The largest absolute Gasteiger partial charge is 0.338 e. The molecular formula is C22H24FN7. The van der Waals surface area contributed by atoms with Gasteiger partial charge in [-0.2, -0.15) is 15.0 Å². The first-order valence-corrected chi connectivity index (χ1v) is 10.00. The summed E-state index contributed by atoms with van der Waals surface area (Å²) in [4.78, 5) is 20.3. The van der Waals surface area contributed by atoms with Crippen LogP contribution in [0.1, 0.15) is 18.3 Å². The number of rotatable bonds is 5. The maximum absolute atomic E-state index is 13.5. The molecule has 3 heterocycles. The highest BCUT2D eigenvalue weighted by Crippen LogP contribution is 2.16. The quantitative estimate of drug-likeness (QED) is 0.797. The lowest BCUT2D eigenvalue weighted by Crippen LogP contribution is -2.44. The van der Waals surface area contributed by atoms with Crippen molar-refractivity contribution in [1.82, 2.24) is 20.3 Å². The van der Waals surface area contributed by atoms with Crippen LogP contribution < -0.4 is 15.5 Å². The van der Waals surface area contributed by atoms with E-state index < -0.39 is 0 Å². The maximum atomic E-state index is 13.5. The number of amidine groups is 1. The number of hydrogen-bond acceptors (Lipinski definition) is 7. The highest BCUT2D eigenvalue weighted by atomic mass is 19.1. The molecule has 2 N–H and O–H groups in total. The van der Waals surface area contributed by atoms with Crippen LogP contribution >= 0.6 is 0 Å². The number of nitrogens with zero attached hydrogens (tertiary/aromatic N) is 5. The molecule has 2 aromatic rings. The van der Waals surface area contributed by atoms with E-state index in [1.165, 1.54) is 12.1 Å². The number of piperazine rings is 1. The van der Waals surface area contributed by atoms with E-state index in [0.717, 1.165) is 43.2 Å². The molecule has 8 heteroatoms. The summed E-state index contributed by atoms with van der Waals surface area (Å²) in [7, 11) is 0. The first-order valence-electron chi connectivity index (χ1n) is 10.00. The minimum absolute atomic E-state index is 0.278. The fourth-order valence-corrected chi connectivity index (χ4v) is 3.25. The molecule has 0 saturated carbocycles. The van der Waals surface area contributed by atoms with Crippen LogP contribution in [-0.4, -0.2) is 53.5 Å². The average molecular weight is 405 g/mol. The zero-order valence-electron chi connectivity index (χ0n) is 16.8. The summed E-state index contributed by atoms with van der Waals surface area (Å²) >= 11 is 0. The molecule has 0 radical (unpaired) electrons. The molecule has 2 aliphatic rings. The van der Waals surface area contributed by atoms with E-state index >= 15 is 0 Å². The molecule has 30 heavy (non-hydrogen) atoms. The lowest BCUT2D eigenvalue weighted by Gasteiger charge is -2.27. The smallest absolute Gasteiger partial charge is 0.233 e. The van der Waals surface area contributed by atoms with E-state index in [1.807, 2.05) is 31.2 Å². The molecule has 0 atom stereocenters. The number of halogens is 1. The molecule has 4 rings (SSSR count). The van der Waals surface area contributed by atoms with E-state index in [4.69, 9.17) is 0 Å². The third-order valence-corrected chi connectivity index (χ3v) is 4.69. The van der Waals surface area contributed by atoms with Gasteiger partial charge in [0.2, 0.25) is 11.9 Å². The van der Waals surface area contributed by atoms with Crippen molar-refractivity contribution >= 4 is 29.9 Å². The molecule has 1 aromatic heterocycles. The van der Waals surface area contributed by atoms with Crippen molar-refractivity contribution in [3.63, 3.8) is 0 Å². The van der Waals surface area contributed by atoms with E-state index in [2.05, 4.69) is 35.5 Å². The van der Waals surface area contributed by atoms with Crippen LogP contribution in [0.4, 0.5) is 16.3 Å². The molecule has 154 valence electrons. The van der Waals surface area contributed by atoms with Crippen LogP contribution in [0, 0.1) is 5.82 Å². The number of aliphatic imine (C=N–C) groups is 1. The second-order valence-corrected chi connectivity index (χ2v) is 6.99. The molecule has 2 aliphatic heterocycles. The Morgan fingerprint density at radius 1 is 1.10 bits per heavy atom. The SMILES string of the molecule is C/C=C/C1=CC(Nc2nc(/C=C/c3cccc(F)c3)nc(N3CCNCC3)n2)=NC1. The number of anilines is 2. The molecule has 0 spiro atoms. The van der Waals surface area contributed by atoms with Crippen LogP contribution in [-0.2, 0) is 0 Å². The van der Waals surface area contributed by atoms with E-state index in [-0.39, 0.29) is 5.82 Å².